The van der Waals surface area contributed by atoms with Gasteiger partial charge in [0.2, 0.25) is 23.6 Å². The minimum absolute atomic E-state index is 0.0800. The molecule has 1 rings (SSSR count). The first-order chi connectivity index (χ1) is 7.40. The molecule has 1 aromatic heterocycles. The summed E-state index contributed by atoms with van der Waals surface area (Å²) in [4.78, 5) is 34.2. The lowest BCUT2D eigenvalue weighted by atomic mass is 10.6. The average Bonchev–Trinajstić information content (AvgIpc) is 2.15. The molecule has 8 nitrogen and oxygen atoms in total. The van der Waals surface area contributed by atoms with Crippen LogP contribution in [0.4, 0.5) is 11.9 Å². The SMILES string of the molecule is CC(=O)Nc1nc(C(=O)O)nc(N(C)C)n1. The maximum Gasteiger partial charge on any atom is 0.374 e. The molecule has 8 heteroatoms. The molecule has 1 heterocycles. The number of hydrogen-bond donors (Lipinski definition) is 2. The molecule has 86 valence electrons. The van der Waals surface area contributed by atoms with Crippen LogP contribution in [0.15, 0.2) is 0 Å². The third-order valence-electron chi connectivity index (χ3n) is 1.50. The number of hydrogen-bond acceptors (Lipinski definition) is 6. The molecular formula is C8H11N5O3. The molecule has 0 radical (unpaired) electrons. The van der Waals surface area contributed by atoms with Gasteiger partial charge in [-0.1, -0.05) is 0 Å². The molecule has 1 aromatic rings. The summed E-state index contributed by atoms with van der Waals surface area (Å²) in [5.41, 5.74) is 0. The van der Waals surface area contributed by atoms with Gasteiger partial charge in [0.15, 0.2) is 0 Å². The van der Waals surface area contributed by atoms with E-state index in [-0.39, 0.29) is 17.8 Å². The van der Waals surface area contributed by atoms with E-state index in [0.29, 0.717) is 0 Å². The minimum atomic E-state index is -1.28. The first-order valence-corrected chi connectivity index (χ1v) is 4.34. The molecule has 0 aromatic carbocycles. The van der Waals surface area contributed by atoms with E-state index in [1.54, 1.807) is 14.1 Å². The largest absolute Gasteiger partial charge is 0.475 e. The van der Waals surface area contributed by atoms with Gasteiger partial charge >= 0.3 is 5.97 Å². The molecule has 0 aliphatic rings. The van der Waals surface area contributed by atoms with Crippen LogP contribution in [0.5, 0.6) is 0 Å². The highest BCUT2D eigenvalue weighted by molar-refractivity contribution is 5.88. The summed E-state index contributed by atoms with van der Waals surface area (Å²) >= 11 is 0. The van der Waals surface area contributed by atoms with Crippen molar-refractivity contribution in [2.24, 2.45) is 0 Å². The van der Waals surface area contributed by atoms with Crippen LogP contribution in [0.2, 0.25) is 0 Å². The minimum Gasteiger partial charge on any atom is -0.475 e. The molecule has 0 saturated heterocycles. The summed E-state index contributed by atoms with van der Waals surface area (Å²) in [5, 5.41) is 11.1. The van der Waals surface area contributed by atoms with Gasteiger partial charge in [-0.05, 0) is 0 Å². The van der Waals surface area contributed by atoms with Gasteiger partial charge in [-0.3, -0.25) is 10.1 Å². The van der Waals surface area contributed by atoms with Gasteiger partial charge < -0.3 is 10.0 Å². The summed E-state index contributed by atoms with van der Waals surface area (Å²) in [6.07, 6.45) is 0. The first kappa shape index (κ1) is 11.8. The molecule has 0 fully saturated rings. The highest BCUT2D eigenvalue weighted by Gasteiger charge is 2.13. The second-order valence-electron chi connectivity index (χ2n) is 3.16. The Balaban J connectivity index is 3.18. The van der Waals surface area contributed by atoms with Gasteiger partial charge in [-0.15, -0.1) is 0 Å². The molecule has 0 bridgehead atoms. The van der Waals surface area contributed by atoms with Crippen molar-refractivity contribution < 1.29 is 14.7 Å². The number of carboxylic acid groups (broad SMARTS) is 1. The van der Waals surface area contributed by atoms with E-state index >= 15 is 0 Å². The topological polar surface area (TPSA) is 108 Å². The van der Waals surface area contributed by atoms with E-state index in [9.17, 15) is 9.59 Å². The normalized spacial score (nSPS) is 9.69. The lowest BCUT2D eigenvalue weighted by Gasteiger charge is -2.11. The maximum atomic E-state index is 10.8. The predicted molar refractivity (Wildman–Crippen MR) is 55.4 cm³/mol. The van der Waals surface area contributed by atoms with Crippen LogP contribution in [0.1, 0.15) is 17.5 Å². The lowest BCUT2D eigenvalue weighted by Crippen LogP contribution is -2.19. The van der Waals surface area contributed by atoms with Crippen molar-refractivity contribution in [3.63, 3.8) is 0 Å². The van der Waals surface area contributed by atoms with Crippen LogP contribution in [0.25, 0.3) is 0 Å². The molecule has 1 amide bonds. The Kier molecular flexibility index (Phi) is 3.33. The predicted octanol–water partition coefficient (Wildman–Crippen LogP) is -0.406. The van der Waals surface area contributed by atoms with Crippen LogP contribution >= 0.6 is 0 Å². The summed E-state index contributed by atoms with van der Waals surface area (Å²) in [6, 6.07) is 0. The van der Waals surface area contributed by atoms with Gasteiger partial charge in [-0.2, -0.15) is 15.0 Å². The smallest absolute Gasteiger partial charge is 0.374 e. The Bertz CT molecular complexity index is 432. The molecule has 0 aliphatic heterocycles. The van der Waals surface area contributed by atoms with Gasteiger partial charge in [-0.25, -0.2) is 4.79 Å². The second kappa shape index (κ2) is 4.51. The van der Waals surface area contributed by atoms with E-state index in [1.807, 2.05) is 0 Å². The Morgan fingerprint density at radius 2 is 1.88 bits per heavy atom. The van der Waals surface area contributed by atoms with E-state index in [4.69, 9.17) is 5.11 Å². The fourth-order valence-corrected chi connectivity index (χ4v) is 0.874. The van der Waals surface area contributed by atoms with Crippen LogP contribution < -0.4 is 10.2 Å². The van der Waals surface area contributed by atoms with Gasteiger partial charge in [0.25, 0.3) is 0 Å². The number of carbonyl (C=O) groups excluding carboxylic acids is 1. The number of carbonyl (C=O) groups is 2. The third kappa shape index (κ3) is 2.87. The van der Waals surface area contributed by atoms with E-state index < -0.39 is 11.8 Å². The number of aromatic nitrogens is 3. The van der Waals surface area contributed by atoms with Crippen molar-refractivity contribution in [3.8, 4) is 0 Å². The standard InChI is InChI=1S/C8H11N5O3/c1-4(14)9-7-10-5(6(15)16)11-8(12-7)13(2)3/h1-3H3,(H,15,16)(H,9,10,11,12,14). The van der Waals surface area contributed by atoms with Crippen LogP contribution in [-0.4, -0.2) is 46.0 Å². The molecular weight excluding hydrogens is 214 g/mol. The number of nitrogens with one attached hydrogen (secondary N) is 1. The molecule has 2 N–H and O–H groups in total. The Morgan fingerprint density at radius 3 is 2.31 bits per heavy atom. The van der Waals surface area contributed by atoms with E-state index in [0.717, 1.165) is 0 Å². The Hall–Kier alpha value is -2.25. The number of amides is 1. The molecule has 16 heavy (non-hydrogen) atoms. The fraction of sp³-hybridized carbons (Fsp3) is 0.375. The fourth-order valence-electron chi connectivity index (χ4n) is 0.874. The zero-order valence-electron chi connectivity index (χ0n) is 9.05. The Labute approximate surface area is 91.3 Å². The van der Waals surface area contributed by atoms with E-state index in [2.05, 4.69) is 20.3 Å². The van der Waals surface area contributed by atoms with Gasteiger partial charge in [0.1, 0.15) is 0 Å². The second-order valence-corrected chi connectivity index (χ2v) is 3.16. The summed E-state index contributed by atoms with van der Waals surface area (Å²) in [6.45, 7) is 1.28. The number of nitrogens with zero attached hydrogens (tertiary/aromatic N) is 4. The van der Waals surface area contributed by atoms with E-state index in [1.165, 1.54) is 11.8 Å². The molecule has 0 aliphatic carbocycles. The van der Waals surface area contributed by atoms with Crippen molar-refractivity contribution >= 4 is 23.8 Å². The molecule has 0 unspecified atom stereocenters. The molecule has 0 atom stereocenters. The van der Waals surface area contributed by atoms with Crippen LogP contribution in [0.3, 0.4) is 0 Å². The zero-order valence-corrected chi connectivity index (χ0v) is 9.05. The molecule has 0 spiro atoms. The molecule has 0 saturated carbocycles. The highest BCUT2D eigenvalue weighted by atomic mass is 16.4. The average molecular weight is 225 g/mol. The summed E-state index contributed by atoms with van der Waals surface area (Å²) in [5.74, 6) is -1.99. The zero-order chi connectivity index (χ0) is 12.3. The number of carboxylic acids is 1. The van der Waals surface area contributed by atoms with Crippen molar-refractivity contribution in [1.82, 2.24) is 15.0 Å². The van der Waals surface area contributed by atoms with Crippen molar-refractivity contribution in [3.05, 3.63) is 5.82 Å². The van der Waals surface area contributed by atoms with Crippen molar-refractivity contribution in [2.75, 3.05) is 24.3 Å². The number of aromatic carboxylic acids is 1. The number of anilines is 2. The van der Waals surface area contributed by atoms with Crippen LogP contribution in [-0.2, 0) is 4.79 Å². The number of rotatable bonds is 3. The summed E-state index contributed by atoms with van der Waals surface area (Å²) in [7, 11) is 3.30. The third-order valence-corrected chi connectivity index (χ3v) is 1.50. The summed E-state index contributed by atoms with van der Waals surface area (Å²) < 4.78 is 0. The van der Waals surface area contributed by atoms with Crippen LogP contribution in [0, 0.1) is 0 Å². The van der Waals surface area contributed by atoms with Crippen molar-refractivity contribution in [1.29, 1.82) is 0 Å². The first-order valence-electron chi connectivity index (χ1n) is 4.34. The maximum absolute atomic E-state index is 10.8. The van der Waals surface area contributed by atoms with Crippen molar-refractivity contribution in [2.45, 2.75) is 6.92 Å². The quantitative estimate of drug-likeness (QED) is 0.720. The monoisotopic (exact) mass is 225 g/mol. The highest BCUT2D eigenvalue weighted by Crippen LogP contribution is 2.07. The Morgan fingerprint density at radius 1 is 1.25 bits per heavy atom. The lowest BCUT2D eigenvalue weighted by molar-refractivity contribution is -0.114. The van der Waals surface area contributed by atoms with Gasteiger partial charge in [0.05, 0.1) is 0 Å². The van der Waals surface area contributed by atoms with Gasteiger partial charge in [0, 0.05) is 21.0 Å².